The number of nitrogens with zero attached hydrogens (tertiary/aromatic N) is 2. The fourth-order valence-electron chi connectivity index (χ4n) is 7.40. The second-order valence-corrected chi connectivity index (χ2v) is 9.00. The molecule has 3 fully saturated rings. The number of carbonyl (C=O) groups excluding carboxylic acids is 1. The van der Waals surface area contributed by atoms with E-state index in [-0.39, 0.29) is 23.1 Å². The standard InChI is InChI=1S/C22H30N2O3/c1-4-21-9-5-12-23-13-11-22(20(21)23)15-6-7-16(27-3)19(26)18(15)24(14(2)25)17(22)8-10-21/h6-7,17,20,26H,4-5,8-13H2,1-3H3/t17-,20?,21-,22-/m1/s1. The number of anilines is 1. The third kappa shape index (κ3) is 1.91. The van der Waals surface area contributed by atoms with E-state index >= 15 is 0 Å². The fourth-order valence-corrected chi connectivity index (χ4v) is 7.40. The van der Waals surface area contributed by atoms with Crippen molar-refractivity contribution in [3.05, 3.63) is 17.7 Å². The Morgan fingerprint density at radius 1 is 1.30 bits per heavy atom. The van der Waals surface area contributed by atoms with Crippen LogP contribution in [0.5, 0.6) is 11.5 Å². The van der Waals surface area contributed by atoms with Gasteiger partial charge in [-0.05, 0) is 68.7 Å². The Kier molecular flexibility index (Phi) is 3.62. The van der Waals surface area contributed by atoms with Gasteiger partial charge in [0.15, 0.2) is 11.5 Å². The van der Waals surface area contributed by atoms with Gasteiger partial charge in [0, 0.05) is 24.4 Å². The number of phenolic OH excluding ortho intramolecular Hbond substituents is 1. The highest BCUT2D eigenvalue weighted by atomic mass is 16.5. The fraction of sp³-hybridized carbons (Fsp3) is 0.682. The van der Waals surface area contributed by atoms with Crippen LogP contribution < -0.4 is 9.64 Å². The third-order valence-corrected chi connectivity index (χ3v) is 8.31. The van der Waals surface area contributed by atoms with E-state index in [4.69, 9.17) is 4.74 Å². The van der Waals surface area contributed by atoms with Gasteiger partial charge in [0.2, 0.25) is 5.91 Å². The summed E-state index contributed by atoms with van der Waals surface area (Å²) in [4.78, 5) is 17.4. The van der Waals surface area contributed by atoms with Crippen LogP contribution in [0.4, 0.5) is 5.69 Å². The molecule has 1 unspecified atom stereocenters. The second-order valence-electron chi connectivity index (χ2n) is 9.00. The number of hydrogen-bond donors (Lipinski definition) is 1. The molecule has 0 aromatic heterocycles. The van der Waals surface area contributed by atoms with Crippen LogP contribution in [-0.2, 0) is 10.2 Å². The maximum atomic E-state index is 12.8. The Labute approximate surface area is 161 Å². The first kappa shape index (κ1) is 17.4. The van der Waals surface area contributed by atoms with Gasteiger partial charge in [-0.1, -0.05) is 13.0 Å². The molecule has 0 bridgehead atoms. The van der Waals surface area contributed by atoms with E-state index in [1.165, 1.54) is 37.8 Å². The number of fused-ring (bicyclic) bond motifs is 1. The van der Waals surface area contributed by atoms with Crippen molar-refractivity contribution in [2.45, 2.75) is 69.9 Å². The minimum absolute atomic E-state index is 0.0277. The topological polar surface area (TPSA) is 53.0 Å². The van der Waals surface area contributed by atoms with E-state index in [0.717, 1.165) is 19.4 Å². The van der Waals surface area contributed by atoms with Gasteiger partial charge in [0.1, 0.15) is 0 Å². The van der Waals surface area contributed by atoms with Crippen LogP contribution in [0.15, 0.2) is 12.1 Å². The van der Waals surface area contributed by atoms with Crippen molar-refractivity contribution in [2.24, 2.45) is 5.41 Å². The highest BCUT2D eigenvalue weighted by molar-refractivity contribution is 5.98. The van der Waals surface area contributed by atoms with Gasteiger partial charge in [-0.25, -0.2) is 0 Å². The minimum atomic E-state index is -0.0561. The van der Waals surface area contributed by atoms with Crippen LogP contribution in [0.3, 0.4) is 0 Å². The SMILES string of the molecule is CC[C@@]12CCCN3CC[C@]4(c5ccc(OC)c(O)c5N(C(C)=O)[C@@H]4CC1)C32. The number of hydrogen-bond acceptors (Lipinski definition) is 4. The Balaban J connectivity index is 1.77. The quantitative estimate of drug-likeness (QED) is 0.867. The summed E-state index contributed by atoms with van der Waals surface area (Å²) in [5, 5.41) is 11.0. The molecule has 146 valence electrons. The van der Waals surface area contributed by atoms with Gasteiger partial charge in [0.05, 0.1) is 12.8 Å². The molecular weight excluding hydrogens is 340 g/mol. The summed E-state index contributed by atoms with van der Waals surface area (Å²) in [6.45, 7) is 6.25. The summed E-state index contributed by atoms with van der Waals surface area (Å²) in [6, 6.07) is 4.64. The number of ether oxygens (including phenoxy) is 1. The number of methoxy groups -OCH3 is 1. The first-order chi connectivity index (χ1) is 13.0. The van der Waals surface area contributed by atoms with Crippen molar-refractivity contribution in [3.8, 4) is 11.5 Å². The molecule has 3 aliphatic heterocycles. The van der Waals surface area contributed by atoms with Crippen LogP contribution in [0.2, 0.25) is 0 Å². The maximum Gasteiger partial charge on any atom is 0.224 e. The number of piperidine rings is 1. The zero-order chi connectivity index (χ0) is 19.0. The minimum Gasteiger partial charge on any atom is -0.503 e. The van der Waals surface area contributed by atoms with Crippen LogP contribution >= 0.6 is 0 Å². The molecule has 1 saturated carbocycles. The molecule has 5 rings (SSSR count). The molecule has 1 aliphatic carbocycles. The monoisotopic (exact) mass is 370 g/mol. The summed E-state index contributed by atoms with van der Waals surface area (Å²) in [6.07, 6.45) is 7.03. The molecule has 4 aliphatic rings. The molecule has 1 amide bonds. The normalized spacial score (nSPS) is 36.9. The summed E-state index contributed by atoms with van der Waals surface area (Å²) in [5.41, 5.74) is 2.17. The highest BCUT2D eigenvalue weighted by Crippen LogP contribution is 2.67. The van der Waals surface area contributed by atoms with Gasteiger partial charge in [-0.2, -0.15) is 0 Å². The van der Waals surface area contributed by atoms with Gasteiger partial charge in [-0.15, -0.1) is 0 Å². The number of amides is 1. The molecule has 3 heterocycles. The van der Waals surface area contributed by atoms with Crippen molar-refractivity contribution in [1.29, 1.82) is 0 Å². The third-order valence-electron chi connectivity index (χ3n) is 8.31. The number of phenols is 1. The van der Waals surface area contributed by atoms with Crippen molar-refractivity contribution in [1.82, 2.24) is 4.90 Å². The molecule has 5 nitrogen and oxygen atoms in total. The summed E-state index contributed by atoms with van der Waals surface area (Å²) in [7, 11) is 1.57. The Hall–Kier alpha value is -1.75. The molecule has 0 radical (unpaired) electrons. The van der Waals surface area contributed by atoms with Crippen LogP contribution in [0.25, 0.3) is 0 Å². The predicted octanol–water partition coefficient (Wildman–Crippen LogP) is 3.43. The summed E-state index contributed by atoms with van der Waals surface area (Å²) >= 11 is 0. The summed E-state index contributed by atoms with van der Waals surface area (Å²) in [5.74, 6) is 0.612. The van der Waals surface area contributed by atoms with E-state index in [1.807, 2.05) is 11.0 Å². The molecule has 2 saturated heterocycles. The largest absolute Gasteiger partial charge is 0.503 e. The molecular formula is C22H30N2O3. The number of benzene rings is 1. The first-order valence-electron chi connectivity index (χ1n) is 10.4. The number of aromatic hydroxyl groups is 1. The molecule has 1 N–H and O–H groups in total. The Morgan fingerprint density at radius 3 is 2.81 bits per heavy atom. The zero-order valence-electron chi connectivity index (χ0n) is 16.6. The van der Waals surface area contributed by atoms with Gasteiger partial charge in [0.25, 0.3) is 0 Å². The van der Waals surface area contributed by atoms with Gasteiger partial charge < -0.3 is 14.7 Å². The Bertz CT molecular complexity index is 809. The number of rotatable bonds is 2. The lowest BCUT2D eigenvalue weighted by Crippen LogP contribution is -2.65. The molecule has 1 aromatic rings. The second kappa shape index (κ2) is 5.63. The average Bonchev–Trinajstić information content (AvgIpc) is 3.20. The van der Waals surface area contributed by atoms with E-state index < -0.39 is 0 Å². The maximum absolute atomic E-state index is 12.8. The molecule has 1 spiro atoms. The molecule has 27 heavy (non-hydrogen) atoms. The van der Waals surface area contributed by atoms with E-state index in [9.17, 15) is 9.90 Å². The first-order valence-corrected chi connectivity index (χ1v) is 10.4. The lowest BCUT2D eigenvalue weighted by molar-refractivity contribution is -0.118. The number of carbonyl (C=O) groups is 1. The van der Waals surface area contributed by atoms with Crippen LogP contribution in [0, 0.1) is 5.41 Å². The molecule has 5 heteroatoms. The lowest BCUT2D eigenvalue weighted by Gasteiger charge is -2.58. The van der Waals surface area contributed by atoms with Gasteiger partial charge >= 0.3 is 0 Å². The zero-order valence-corrected chi connectivity index (χ0v) is 16.6. The van der Waals surface area contributed by atoms with E-state index in [1.54, 1.807) is 14.0 Å². The van der Waals surface area contributed by atoms with Crippen LogP contribution in [-0.4, -0.2) is 48.2 Å². The van der Waals surface area contributed by atoms with E-state index in [2.05, 4.69) is 17.9 Å². The lowest BCUT2D eigenvalue weighted by atomic mass is 9.52. The molecule has 4 atom stereocenters. The van der Waals surface area contributed by atoms with E-state index in [0.29, 0.717) is 22.9 Å². The van der Waals surface area contributed by atoms with Crippen molar-refractivity contribution in [3.63, 3.8) is 0 Å². The summed E-state index contributed by atoms with van der Waals surface area (Å²) < 4.78 is 5.38. The average molecular weight is 370 g/mol. The van der Waals surface area contributed by atoms with Gasteiger partial charge in [-0.3, -0.25) is 9.69 Å². The molecule has 1 aromatic carbocycles. The van der Waals surface area contributed by atoms with Crippen molar-refractivity contribution in [2.75, 3.05) is 25.1 Å². The van der Waals surface area contributed by atoms with Crippen LogP contribution in [0.1, 0.15) is 57.9 Å². The predicted molar refractivity (Wildman–Crippen MR) is 104 cm³/mol. The Morgan fingerprint density at radius 2 is 2.11 bits per heavy atom. The highest BCUT2D eigenvalue weighted by Gasteiger charge is 2.68. The smallest absolute Gasteiger partial charge is 0.224 e. The van der Waals surface area contributed by atoms with Crippen molar-refractivity contribution >= 4 is 11.6 Å². The van der Waals surface area contributed by atoms with Crippen molar-refractivity contribution < 1.29 is 14.6 Å².